The molecule has 1 heterocycles. The summed E-state index contributed by atoms with van der Waals surface area (Å²) < 4.78 is 5.52. The predicted octanol–water partition coefficient (Wildman–Crippen LogP) is 3.03. The fourth-order valence-corrected chi connectivity index (χ4v) is 1.64. The molecule has 3 nitrogen and oxygen atoms in total. The first-order valence-electron chi connectivity index (χ1n) is 4.71. The molecule has 0 bridgehead atoms. The second-order valence-electron chi connectivity index (χ2n) is 3.82. The third kappa shape index (κ3) is 2.31. The van der Waals surface area contributed by atoms with Gasteiger partial charge in [-0.25, -0.2) is 0 Å². The van der Waals surface area contributed by atoms with Gasteiger partial charge in [0.2, 0.25) is 0 Å². The van der Waals surface area contributed by atoms with Gasteiger partial charge in [-0.2, -0.15) is 0 Å². The van der Waals surface area contributed by atoms with Gasteiger partial charge in [0.05, 0.1) is 0 Å². The Morgan fingerprint density at radius 3 is 2.40 bits per heavy atom. The molecule has 15 heavy (non-hydrogen) atoms. The Bertz CT molecular complexity index is 384. The molecular weight excluding hydrogens is 258 g/mol. The van der Waals surface area contributed by atoms with Crippen LogP contribution >= 0.6 is 15.9 Å². The van der Waals surface area contributed by atoms with E-state index in [0.29, 0.717) is 5.90 Å². The number of rotatable bonds is 2. The molecule has 0 atom stereocenters. The van der Waals surface area contributed by atoms with Crippen molar-refractivity contribution in [3.63, 3.8) is 0 Å². The van der Waals surface area contributed by atoms with Crippen LogP contribution in [0.25, 0.3) is 0 Å². The van der Waals surface area contributed by atoms with E-state index in [1.165, 1.54) is 5.56 Å². The van der Waals surface area contributed by atoms with E-state index in [9.17, 15) is 0 Å². The maximum atomic E-state index is 5.52. The number of oxime groups is 1. The van der Waals surface area contributed by atoms with Crippen LogP contribution in [0.2, 0.25) is 0 Å². The van der Waals surface area contributed by atoms with Gasteiger partial charge in [-0.05, 0) is 22.9 Å². The number of hydrogen-bond acceptors (Lipinski definition) is 3. The summed E-state index contributed by atoms with van der Waals surface area (Å²) >= 11 is 3.40. The first kappa shape index (κ1) is 10.5. The van der Waals surface area contributed by atoms with Crippen LogP contribution in [0.4, 0.5) is 0 Å². The van der Waals surface area contributed by atoms with Crippen molar-refractivity contribution in [3.8, 4) is 0 Å². The fraction of sp³-hybridized carbons (Fsp3) is 0.364. The zero-order valence-electron chi connectivity index (χ0n) is 8.66. The van der Waals surface area contributed by atoms with Crippen molar-refractivity contribution in [1.29, 1.82) is 0 Å². The van der Waals surface area contributed by atoms with Gasteiger partial charge in [0.15, 0.2) is 0 Å². The minimum absolute atomic E-state index is 0.543. The number of nitrogens with zero attached hydrogens (tertiary/aromatic N) is 1. The third-order valence-electron chi connectivity index (χ3n) is 2.05. The summed E-state index contributed by atoms with van der Waals surface area (Å²) in [5.41, 5.74) is 2.16. The van der Waals surface area contributed by atoms with Gasteiger partial charge in [0, 0.05) is 24.7 Å². The number of halogens is 1. The quantitative estimate of drug-likeness (QED) is 0.773. The van der Waals surface area contributed by atoms with Gasteiger partial charge in [0.1, 0.15) is 0 Å². The minimum atomic E-state index is -0.649. The average molecular weight is 270 g/mol. The van der Waals surface area contributed by atoms with Crippen LogP contribution in [0.3, 0.4) is 0 Å². The molecule has 1 aromatic rings. The molecule has 0 spiro atoms. The lowest BCUT2D eigenvalue weighted by atomic mass is 10.1. The maximum Gasteiger partial charge on any atom is 0.271 e. The molecule has 0 N–H and O–H groups in total. The van der Waals surface area contributed by atoms with Crippen molar-refractivity contribution in [2.45, 2.75) is 25.0 Å². The standard InChI is InChI=1S/C11H12BrNO2/c1-11(2)14-10(13-15-11)9-5-3-8(7-12)4-6-9/h3-6H,7H2,1-2H3. The summed E-state index contributed by atoms with van der Waals surface area (Å²) in [6.45, 7) is 3.66. The first-order chi connectivity index (χ1) is 7.11. The summed E-state index contributed by atoms with van der Waals surface area (Å²) in [5.74, 6) is -0.107. The van der Waals surface area contributed by atoms with Gasteiger partial charge in [-0.1, -0.05) is 28.1 Å². The van der Waals surface area contributed by atoms with Crippen LogP contribution in [-0.2, 0) is 14.9 Å². The van der Waals surface area contributed by atoms with E-state index in [-0.39, 0.29) is 0 Å². The van der Waals surface area contributed by atoms with Crippen molar-refractivity contribution in [2.24, 2.45) is 5.16 Å². The first-order valence-corrected chi connectivity index (χ1v) is 5.83. The van der Waals surface area contributed by atoms with E-state index in [4.69, 9.17) is 9.57 Å². The molecule has 0 saturated heterocycles. The molecule has 0 fully saturated rings. The predicted molar refractivity (Wildman–Crippen MR) is 61.9 cm³/mol. The van der Waals surface area contributed by atoms with E-state index in [1.54, 1.807) is 0 Å². The summed E-state index contributed by atoms with van der Waals surface area (Å²) in [6, 6.07) is 8.00. The lowest BCUT2D eigenvalue weighted by Crippen LogP contribution is -2.22. The van der Waals surface area contributed by atoms with E-state index in [0.717, 1.165) is 10.9 Å². The van der Waals surface area contributed by atoms with Crippen molar-refractivity contribution in [2.75, 3.05) is 0 Å². The van der Waals surface area contributed by atoms with Crippen molar-refractivity contribution < 1.29 is 9.57 Å². The summed E-state index contributed by atoms with van der Waals surface area (Å²) in [6.07, 6.45) is 0. The van der Waals surface area contributed by atoms with Crippen LogP contribution in [0.1, 0.15) is 25.0 Å². The Morgan fingerprint density at radius 1 is 1.27 bits per heavy atom. The molecule has 0 unspecified atom stereocenters. The van der Waals surface area contributed by atoms with Gasteiger partial charge >= 0.3 is 0 Å². The molecule has 0 aliphatic carbocycles. The van der Waals surface area contributed by atoms with Crippen LogP contribution in [0, 0.1) is 0 Å². The molecule has 0 saturated carbocycles. The fourth-order valence-electron chi connectivity index (χ4n) is 1.27. The lowest BCUT2D eigenvalue weighted by molar-refractivity contribution is -0.128. The largest absolute Gasteiger partial charge is 0.431 e. The Morgan fingerprint density at radius 2 is 1.93 bits per heavy atom. The number of ether oxygens (including phenoxy) is 1. The topological polar surface area (TPSA) is 30.8 Å². The maximum absolute atomic E-state index is 5.52. The van der Waals surface area contributed by atoms with Crippen LogP contribution < -0.4 is 0 Å². The van der Waals surface area contributed by atoms with Crippen LogP contribution in [0.15, 0.2) is 29.4 Å². The highest BCUT2D eigenvalue weighted by Gasteiger charge is 2.30. The van der Waals surface area contributed by atoms with E-state index in [2.05, 4.69) is 21.1 Å². The van der Waals surface area contributed by atoms with Crippen molar-refractivity contribution >= 4 is 21.8 Å². The van der Waals surface area contributed by atoms with Crippen molar-refractivity contribution in [1.82, 2.24) is 0 Å². The van der Waals surface area contributed by atoms with Crippen molar-refractivity contribution in [3.05, 3.63) is 35.4 Å². The van der Waals surface area contributed by atoms with E-state index in [1.807, 2.05) is 38.1 Å². The molecule has 1 aliphatic heterocycles. The lowest BCUT2D eigenvalue weighted by Gasteiger charge is -2.14. The summed E-state index contributed by atoms with van der Waals surface area (Å²) in [7, 11) is 0. The Balaban J connectivity index is 2.18. The highest BCUT2D eigenvalue weighted by molar-refractivity contribution is 9.08. The van der Waals surface area contributed by atoms with Gasteiger partial charge in [-0.3, -0.25) is 0 Å². The van der Waals surface area contributed by atoms with Gasteiger partial charge in [-0.15, -0.1) is 0 Å². The molecule has 80 valence electrons. The van der Waals surface area contributed by atoms with Gasteiger partial charge in [0.25, 0.3) is 11.7 Å². The zero-order valence-corrected chi connectivity index (χ0v) is 10.2. The Labute approximate surface area is 97.2 Å². The van der Waals surface area contributed by atoms with Crippen LogP contribution in [0.5, 0.6) is 0 Å². The number of alkyl halides is 1. The molecular formula is C11H12BrNO2. The second kappa shape index (κ2) is 3.85. The third-order valence-corrected chi connectivity index (χ3v) is 2.69. The zero-order chi connectivity index (χ0) is 10.9. The Kier molecular flexibility index (Phi) is 2.69. The summed E-state index contributed by atoms with van der Waals surface area (Å²) in [4.78, 5) is 5.12. The smallest absolute Gasteiger partial charge is 0.271 e. The Hall–Kier alpha value is -1.03. The normalized spacial score (nSPS) is 17.9. The molecule has 4 heteroatoms. The molecule has 2 rings (SSSR count). The van der Waals surface area contributed by atoms with E-state index < -0.39 is 5.79 Å². The van der Waals surface area contributed by atoms with E-state index >= 15 is 0 Å². The SMILES string of the molecule is CC1(C)ON=C(c2ccc(CBr)cc2)O1. The number of benzene rings is 1. The average Bonchev–Trinajstić information content (AvgIpc) is 2.59. The van der Waals surface area contributed by atoms with Crippen LogP contribution in [-0.4, -0.2) is 11.7 Å². The highest BCUT2D eigenvalue weighted by atomic mass is 79.9. The minimum Gasteiger partial charge on any atom is -0.431 e. The summed E-state index contributed by atoms with van der Waals surface area (Å²) in [5, 5.41) is 4.75. The molecule has 1 aliphatic rings. The number of hydrogen-bond donors (Lipinski definition) is 0. The molecule has 0 amide bonds. The molecule has 0 aromatic heterocycles. The molecule has 0 radical (unpaired) electrons. The van der Waals surface area contributed by atoms with Gasteiger partial charge < -0.3 is 9.57 Å². The second-order valence-corrected chi connectivity index (χ2v) is 4.38. The highest BCUT2D eigenvalue weighted by Crippen LogP contribution is 2.22. The molecule has 1 aromatic carbocycles. The monoisotopic (exact) mass is 269 g/mol.